The van der Waals surface area contributed by atoms with Crippen LogP contribution in [0.3, 0.4) is 0 Å². The molecule has 164 valence electrons. The maximum atomic E-state index is 12.2. The van der Waals surface area contributed by atoms with Crippen molar-refractivity contribution in [2.24, 2.45) is 10.4 Å². The largest absolute Gasteiger partial charge is 0.357 e. The van der Waals surface area contributed by atoms with Crippen molar-refractivity contribution in [1.82, 2.24) is 20.4 Å². The predicted octanol–water partition coefficient (Wildman–Crippen LogP) is 2.86. The molecule has 1 aromatic rings. The molecule has 0 atom stereocenters. The van der Waals surface area contributed by atoms with E-state index in [2.05, 4.69) is 58.5 Å². The van der Waals surface area contributed by atoms with Crippen LogP contribution in [-0.4, -0.2) is 67.5 Å². The lowest BCUT2D eigenvalue weighted by atomic mass is 9.92. The molecule has 0 aromatic heterocycles. The number of nitrogens with zero attached hydrogens (tertiary/aromatic N) is 3. The molecule has 1 heterocycles. The number of hydrogen-bond acceptors (Lipinski definition) is 3. The number of halogens is 1. The molecule has 7 heteroatoms. The van der Waals surface area contributed by atoms with E-state index >= 15 is 0 Å². The van der Waals surface area contributed by atoms with Crippen molar-refractivity contribution in [3.63, 3.8) is 0 Å². The number of amides is 1. The lowest BCUT2D eigenvalue weighted by Gasteiger charge is -2.37. The highest BCUT2D eigenvalue weighted by molar-refractivity contribution is 14.0. The number of hydrogen-bond donors (Lipinski definition) is 2. The van der Waals surface area contributed by atoms with Crippen molar-refractivity contribution < 1.29 is 4.79 Å². The second kappa shape index (κ2) is 12.4. The van der Waals surface area contributed by atoms with Gasteiger partial charge in [0.1, 0.15) is 0 Å². The Kier molecular flexibility index (Phi) is 11.0. The first-order chi connectivity index (χ1) is 13.4. The van der Waals surface area contributed by atoms with E-state index in [9.17, 15) is 4.79 Å². The van der Waals surface area contributed by atoms with Gasteiger partial charge in [-0.05, 0) is 40.2 Å². The molecule has 1 saturated heterocycles. The van der Waals surface area contributed by atoms with Gasteiger partial charge in [-0.25, -0.2) is 0 Å². The molecular formula is C22H38IN5O. The van der Waals surface area contributed by atoms with E-state index < -0.39 is 5.41 Å². The van der Waals surface area contributed by atoms with Gasteiger partial charge < -0.3 is 15.5 Å². The Morgan fingerprint density at radius 3 is 2.34 bits per heavy atom. The van der Waals surface area contributed by atoms with Crippen molar-refractivity contribution in [2.45, 2.75) is 41.2 Å². The Labute approximate surface area is 193 Å². The first-order valence-electron chi connectivity index (χ1n) is 10.4. The molecule has 0 spiro atoms. The Morgan fingerprint density at radius 2 is 1.76 bits per heavy atom. The fraction of sp³-hybridized carbons (Fsp3) is 0.636. The number of carbonyl (C=O) groups is 1. The number of carbonyl (C=O) groups excluding carboxylic acids is 1. The van der Waals surface area contributed by atoms with Crippen LogP contribution < -0.4 is 10.6 Å². The minimum Gasteiger partial charge on any atom is -0.357 e. The van der Waals surface area contributed by atoms with E-state index in [0.29, 0.717) is 13.1 Å². The van der Waals surface area contributed by atoms with Gasteiger partial charge in [0.2, 0.25) is 5.91 Å². The summed E-state index contributed by atoms with van der Waals surface area (Å²) >= 11 is 0. The molecule has 0 aliphatic carbocycles. The van der Waals surface area contributed by atoms with Gasteiger partial charge in [-0.1, -0.05) is 29.8 Å². The molecular weight excluding hydrogens is 477 g/mol. The lowest BCUT2D eigenvalue weighted by molar-refractivity contribution is -0.128. The molecule has 1 fully saturated rings. The summed E-state index contributed by atoms with van der Waals surface area (Å²) in [7, 11) is 0. The molecule has 0 bridgehead atoms. The average molecular weight is 515 g/mol. The van der Waals surface area contributed by atoms with Crippen molar-refractivity contribution in [2.75, 3.05) is 45.8 Å². The molecule has 2 rings (SSSR count). The molecule has 0 radical (unpaired) electrons. The van der Waals surface area contributed by atoms with E-state index in [1.54, 1.807) is 0 Å². The van der Waals surface area contributed by atoms with Gasteiger partial charge in [0.05, 0.1) is 12.0 Å². The minimum atomic E-state index is -0.510. The van der Waals surface area contributed by atoms with Crippen LogP contribution in [0.1, 0.15) is 38.8 Å². The molecule has 2 N–H and O–H groups in total. The summed E-state index contributed by atoms with van der Waals surface area (Å²) in [6.07, 6.45) is 0. The number of benzene rings is 1. The summed E-state index contributed by atoms with van der Waals surface area (Å²) in [5.41, 5.74) is 2.18. The van der Waals surface area contributed by atoms with Gasteiger partial charge in [0.15, 0.2) is 5.96 Å². The van der Waals surface area contributed by atoms with Crippen LogP contribution in [0.15, 0.2) is 29.3 Å². The van der Waals surface area contributed by atoms with E-state index in [-0.39, 0.29) is 29.9 Å². The average Bonchev–Trinajstić information content (AvgIpc) is 2.66. The maximum Gasteiger partial charge on any atom is 0.227 e. The second-order valence-electron chi connectivity index (χ2n) is 8.17. The monoisotopic (exact) mass is 515 g/mol. The third kappa shape index (κ3) is 8.12. The van der Waals surface area contributed by atoms with Gasteiger partial charge in [-0.15, -0.1) is 24.0 Å². The topological polar surface area (TPSA) is 60.0 Å². The Morgan fingerprint density at radius 1 is 1.10 bits per heavy atom. The lowest BCUT2D eigenvalue weighted by Crippen LogP contribution is -2.52. The summed E-state index contributed by atoms with van der Waals surface area (Å²) < 4.78 is 0. The zero-order chi connectivity index (χ0) is 20.6. The van der Waals surface area contributed by atoms with Crippen molar-refractivity contribution >= 4 is 35.8 Å². The second-order valence-corrected chi connectivity index (χ2v) is 8.17. The van der Waals surface area contributed by atoms with Gasteiger partial charge >= 0.3 is 0 Å². The smallest absolute Gasteiger partial charge is 0.227 e. The molecule has 29 heavy (non-hydrogen) atoms. The van der Waals surface area contributed by atoms with Crippen LogP contribution in [0.5, 0.6) is 0 Å². The fourth-order valence-electron chi connectivity index (χ4n) is 3.36. The number of aryl methyl sites for hydroxylation is 1. The first-order valence-corrected chi connectivity index (χ1v) is 10.4. The Balaban J connectivity index is 0.00000420. The zero-order valence-electron chi connectivity index (χ0n) is 18.6. The van der Waals surface area contributed by atoms with Gasteiger partial charge in [-0.3, -0.25) is 14.7 Å². The summed E-state index contributed by atoms with van der Waals surface area (Å²) in [6.45, 7) is 16.9. The standard InChI is InChI=1S/C22H37N5O.HI/c1-6-23-20(28)22(4,5)17-25-21(24-7-2)27-13-11-26(12-14-27)16-19-10-8-9-18(3)15-19;/h8-10,15H,6-7,11-14,16-17H2,1-5H3,(H,23,28)(H,24,25);1H. The molecule has 0 saturated carbocycles. The number of rotatable bonds is 7. The van der Waals surface area contributed by atoms with E-state index in [4.69, 9.17) is 4.99 Å². The molecule has 1 amide bonds. The summed E-state index contributed by atoms with van der Waals surface area (Å²) in [5.74, 6) is 0.965. The zero-order valence-corrected chi connectivity index (χ0v) is 21.0. The molecule has 1 aliphatic rings. The molecule has 1 aliphatic heterocycles. The number of piperazine rings is 1. The van der Waals surface area contributed by atoms with Crippen LogP contribution >= 0.6 is 24.0 Å². The number of nitrogens with one attached hydrogen (secondary N) is 2. The van der Waals surface area contributed by atoms with E-state index in [1.807, 2.05) is 20.8 Å². The summed E-state index contributed by atoms with van der Waals surface area (Å²) in [6, 6.07) is 8.74. The summed E-state index contributed by atoms with van der Waals surface area (Å²) in [5, 5.41) is 6.30. The Hall–Kier alpha value is -1.35. The highest BCUT2D eigenvalue weighted by Gasteiger charge is 2.28. The summed E-state index contributed by atoms with van der Waals surface area (Å²) in [4.78, 5) is 21.8. The quantitative estimate of drug-likeness (QED) is 0.333. The third-order valence-corrected chi connectivity index (χ3v) is 5.07. The van der Waals surface area contributed by atoms with Crippen LogP contribution in [-0.2, 0) is 11.3 Å². The normalized spacial score (nSPS) is 15.6. The van der Waals surface area contributed by atoms with Gasteiger partial charge in [-0.2, -0.15) is 0 Å². The van der Waals surface area contributed by atoms with Crippen molar-refractivity contribution in [3.8, 4) is 0 Å². The van der Waals surface area contributed by atoms with Crippen molar-refractivity contribution in [3.05, 3.63) is 35.4 Å². The van der Waals surface area contributed by atoms with Gasteiger partial charge in [0, 0.05) is 45.8 Å². The predicted molar refractivity (Wildman–Crippen MR) is 132 cm³/mol. The maximum absolute atomic E-state index is 12.2. The van der Waals surface area contributed by atoms with Crippen LogP contribution in [0, 0.1) is 12.3 Å². The molecule has 6 nitrogen and oxygen atoms in total. The highest BCUT2D eigenvalue weighted by atomic mass is 127. The van der Waals surface area contributed by atoms with Gasteiger partial charge in [0.25, 0.3) is 0 Å². The SMILES string of the molecule is CCNC(=O)C(C)(C)CN=C(NCC)N1CCN(Cc2cccc(C)c2)CC1.I. The van der Waals surface area contributed by atoms with Crippen LogP contribution in [0.25, 0.3) is 0 Å². The Bertz CT molecular complexity index is 669. The third-order valence-electron chi connectivity index (χ3n) is 5.07. The van der Waals surface area contributed by atoms with Crippen LogP contribution in [0.4, 0.5) is 0 Å². The first kappa shape index (κ1) is 25.7. The fourth-order valence-corrected chi connectivity index (χ4v) is 3.36. The van der Waals surface area contributed by atoms with E-state index in [1.165, 1.54) is 11.1 Å². The van der Waals surface area contributed by atoms with Crippen molar-refractivity contribution in [1.29, 1.82) is 0 Å². The van der Waals surface area contributed by atoms with E-state index in [0.717, 1.165) is 45.2 Å². The van der Waals surface area contributed by atoms with Crippen LogP contribution in [0.2, 0.25) is 0 Å². The minimum absolute atomic E-state index is 0. The molecule has 1 aromatic carbocycles. The highest BCUT2D eigenvalue weighted by Crippen LogP contribution is 2.16. The molecule has 0 unspecified atom stereocenters. The number of guanidine groups is 1. The number of aliphatic imine (C=N–C) groups is 1.